The van der Waals surface area contributed by atoms with Crippen molar-refractivity contribution in [1.29, 1.82) is 0 Å². The Bertz CT molecular complexity index is 1450. The lowest BCUT2D eigenvalue weighted by molar-refractivity contribution is -0.125. The number of nitrogens with one attached hydrogen (secondary N) is 1. The molecule has 37 heavy (non-hydrogen) atoms. The van der Waals surface area contributed by atoms with Crippen molar-refractivity contribution in [2.24, 2.45) is 0 Å². The summed E-state index contributed by atoms with van der Waals surface area (Å²) in [5.74, 6) is -1.33. The van der Waals surface area contributed by atoms with Crippen LogP contribution in [0.2, 0.25) is 0 Å². The van der Waals surface area contributed by atoms with Crippen LogP contribution in [0.1, 0.15) is 57.5 Å². The fourth-order valence-electron chi connectivity index (χ4n) is 5.81. The van der Waals surface area contributed by atoms with E-state index in [1.165, 1.54) is 16.3 Å². The Hall–Kier alpha value is -3.81. The second-order valence-electron chi connectivity index (χ2n) is 10.4. The number of hydrogen-bond acceptors (Lipinski definition) is 5. The molecular formula is C30H29N3O4. The lowest BCUT2D eigenvalue weighted by Gasteiger charge is -2.38. The Morgan fingerprint density at radius 1 is 0.919 bits per heavy atom. The van der Waals surface area contributed by atoms with Gasteiger partial charge in [-0.3, -0.25) is 24.2 Å². The molecule has 1 unspecified atom stereocenters. The van der Waals surface area contributed by atoms with E-state index >= 15 is 0 Å². The molecule has 2 saturated heterocycles. The van der Waals surface area contributed by atoms with E-state index in [-0.39, 0.29) is 17.0 Å². The number of likely N-dealkylation sites (tertiary alicyclic amines) is 1. The van der Waals surface area contributed by atoms with E-state index in [4.69, 9.17) is 0 Å². The van der Waals surface area contributed by atoms with Crippen LogP contribution in [0.4, 0.5) is 0 Å². The summed E-state index contributed by atoms with van der Waals surface area (Å²) in [5, 5.41) is 16.6. The molecule has 0 radical (unpaired) electrons. The maximum atomic E-state index is 13.2. The maximum absolute atomic E-state index is 13.2. The average molecular weight is 496 g/mol. The van der Waals surface area contributed by atoms with Gasteiger partial charge in [-0.05, 0) is 65.8 Å². The summed E-state index contributed by atoms with van der Waals surface area (Å²) in [5.41, 5.74) is 1.93. The van der Waals surface area contributed by atoms with Gasteiger partial charge in [-0.1, -0.05) is 49.0 Å². The van der Waals surface area contributed by atoms with E-state index in [1.807, 2.05) is 12.1 Å². The highest BCUT2D eigenvalue weighted by molar-refractivity contribution is 6.23. The third-order valence-electron chi connectivity index (χ3n) is 7.99. The van der Waals surface area contributed by atoms with Gasteiger partial charge in [0.1, 0.15) is 6.04 Å². The van der Waals surface area contributed by atoms with E-state index in [0.717, 1.165) is 11.4 Å². The Balaban J connectivity index is 1.16. The van der Waals surface area contributed by atoms with Crippen molar-refractivity contribution in [3.63, 3.8) is 0 Å². The highest BCUT2D eigenvalue weighted by Gasteiger charge is 2.45. The van der Waals surface area contributed by atoms with Crippen molar-refractivity contribution in [2.45, 2.75) is 43.9 Å². The normalized spacial score (nSPS) is 21.9. The summed E-state index contributed by atoms with van der Waals surface area (Å²) in [4.78, 5) is 42.1. The van der Waals surface area contributed by atoms with Gasteiger partial charge < -0.3 is 10.4 Å². The van der Waals surface area contributed by atoms with Crippen molar-refractivity contribution < 1.29 is 19.5 Å². The summed E-state index contributed by atoms with van der Waals surface area (Å²) < 4.78 is 0. The Morgan fingerprint density at radius 3 is 2.41 bits per heavy atom. The van der Waals surface area contributed by atoms with Crippen LogP contribution < -0.4 is 5.32 Å². The predicted octanol–water partition coefficient (Wildman–Crippen LogP) is 3.71. The van der Waals surface area contributed by atoms with Gasteiger partial charge >= 0.3 is 0 Å². The molecule has 3 amide bonds. The first-order valence-corrected chi connectivity index (χ1v) is 12.8. The molecule has 0 aromatic heterocycles. The van der Waals surface area contributed by atoms with Crippen LogP contribution in [-0.2, 0) is 16.9 Å². The van der Waals surface area contributed by atoms with Crippen LogP contribution in [0.5, 0.6) is 0 Å². The molecular weight excluding hydrogens is 466 g/mol. The lowest BCUT2D eigenvalue weighted by atomic mass is 9.83. The molecule has 3 aliphatic heterocycles. The van der Waals surface area contributed by atoms with Gasteiger partial charge in [-0.15, -0.1) is 0 Å². The monoisotopic (exact) mass is 495 g/mol. The number of rotatable bonds is 4. The van der Waals surface area contributed by atoms with E-state index in [0.29, 0.717) is 50.0 Å². The lowest BCUT2D eigenvalue weighted by Crippen LogP contribution is -2.51. The topological polar surface area (TPSA) is 90.0 Å². The molecule has 0 bridgehead atoms. The van der Waals surface area contributed by atoms with E-state index in [2.05, 4.69) is 47.1 Å². The number of aliphatic hydroxyl groups is 1. The highest BCUT2D eigenvalue weighted by Crippen LogP contribution is 2.37. The Morgan fingerprint density at radius 2 is 1.65 bits per heavy atom. The SMILES string of the molecule is C=C1CCC(N2C(=O)c3ccc(C4(O)CCN(Cc5ccc6ccccc6c5)CC4)cc3C2=O)C(=O)N1. The van der Waals surface area contributed by atoms with Gasteiger partial charge in [0, 0.05) is 25.3 Å². The number of amides is 3. The number of allylic oxidation sites excluding steroid dienone is 1. The molecule has 3 heterocycles. The van der Waals surface area contributed by atoms with Gasteiger partial charge in [-0.2, -0.15) is 0 Å². The molecule has 3 aromatic rings. The molecule has 0 aliphatic carbocycles. The first kappa shape index (κ1) is 23.6. The fourth-order valence-corrected chi connectivity index (χ4v) is 5.81. The molecule has 3 aromatic carbocycles. The van der Waals surface area contributed by atoms with Crippen LogP contribution in [0.25, 0.3) is 10.8 Å². The van der Waals surface area contributed by atoms with Gasteiger partial charge in [-0.25, -0.2) is 0 Å². The zero-order valence-corrected chi connectivity index (χ0v) is 20.6. The standard InChI is InChI=1S/C30H29N3O4/c1-19-6-11-26(27(34)31-19)33-28(35)24-10-9-23(17-25(24)29(33)36)30(37)12-14-32(15-13-30)18-20-7-8-21-4-2-3-5-22(21)16-20/h2-5,7-10,16-17,26,37H,1,6,11-15,18H2,(H,31,34). The van der Waals surface area contributed by atoms with E-state index in [9.17, 15) is 19.5 Å². The van der Waals surface area contributed by atoms with Crippen molar-refractivity contribution in [3.8, 4) is 0 Å². The fraction of sp³-hybridized carbons (Fsp3) is 0.300. The molecule has 0 saturated carbocycles. The van der Waals surface area contributed by atoms with Crippen molar-refractivity contribution in [3.05, 3.63) is 95.2 Å². The molecule has 1 atom stereocenters. The maximum Gasteiger partial charge on any atom is 0.262 e. The average Bonchev–Trinajstić information content (AvgIpc) is 3.15. The molecule has 2 N–H and O–H groups in total. The van der Waals surface area contributed by atoms with Gasteiger partial charge in [0.25, 0.3) is 11.8 Å². The number of fused-ring (bicyclic) bond motifs is 2. The zero-order valence-electron chi connectivity index (χ0n) is 20.6. The Labute approximate surface area is 215 Å². The Kier molecular flexibility index (Phi) is 5.70. The predicted molar refractivity (Wildman–Crippen MR) is 140 cm³/mol. The summed E-state index contributed by atoms with van der Waals surface area (Å²) in [6.45, 7) is 6.00. The van der Waals surface area contributed by atoms with E-state index < -0.39 is 23.5 Å². The van der Waals surface area contributed by atoms with Crippen LogP contribution in [-0.4, -0.2) is 51.8 Å². The molecule has 0 spiro atoms. The highest BCUT2D eigenvalue weighted by atomic mass is 16.3. The number of piperidine rings is 2. The number of benzene rings is 3. The van der Waals surface area contributed by atoms with Crippen LogP contribution in [0.15, 0.2) is 72.9 Å². The summed E-state index contributed by atoms with van der Waals surface area (Å²) in [6.07, 6.45) is 1.93. The van der Waals surface area contributed by atoms with Gasteiger partial charge in [0.2, 0.25) is 5.91 Å². The van der Waals surface area contributed by atoms with Crippen molar-refractivity contribution >= 4 is 28.5 Å². The van der Waals surface area contributed by atoms with Crippen LogP contribution in [0, 0.1) is 0 Å². The molecule has 7 nitrogen and oxygen atoms in total. The zero-order chi connectivity index (χ0) is 25.7. The first-order valence-electron chi connectivity index (χ1n) is 12.8. The summed E-state index contributed by atoms with van der Waals surface area (Å²) in [7, 11) is 0. The molecule has 7 heteroatoms. The molecule has 188 valence electrons. The van der Waals surface area contributed by atoms with Gasteiger partial charge in [0.05, 0.1) is 16.7 Å². The summed E-state index contributed by atoms with van der Waals surface area (Å²) in [6, 6.07) is 19.0. The minimum atomic E-state index is -1.08. The van der Waals surface area contributed by atoms with Crippen LogP contribution >= 0.6 is 0 Å². The molecule has 2 fully saturated rings. The largest absolute Gasteiger partial charge is 0.385 e. The number of hydrogen-bond donors (Lipinski definition) is 2. The van der Waals surface area contributed by atoms with Gasteiger partial charge in [0.15, 0.2) is 0 Å². The second kappa shape index (κ2) is 8.94. The quantitative estimate of drug-likeness (QED) is 0.539. The molecule has 3 aliphatic rings. The van der Waals surface area contributed by atoms with Crippen molar-refractivity contribution in [2.75, 3.05) is 13.1 Å². The minimum absolute atomic E-state index is 0.256. The van der Waals surface area contributed by atoms with Crippen molar-refractivity contribution in [1.82, 2.24) is 15.1 Å². The number of imide groups is 1. The summed E-state index contributed by atoms with van der Waals surface area (Å²) >= 11 is 0. The molecule has 6 rings (SSSR count). The first-order chi connectivity index (χ1) is 17.8. The second-order valence-corrected chi connectivity index (χ2v) is 10.4. The minimum Gasteiger partial charge on any atom is -0.385 e. The third-order valence-corrected chi connectivity index (χ3v) is 7.99. The van der Waals surface area contributed by atoms with Crippen LogP contribution in [0.3, 0.4) is 0 Å². The third kappa shape index (κ3) is 4.14. The smallest absolute Gasteiger partial charge is 0.262 e. The van der Waals surface area contributed by atoms with E-state index in [1.54, 1.807) is 18.2 Å². The number of nitrogens with zero attached hydrogens (tertiary/aromatic N) is 2. The number of carbonyl (C=O) groups excluding carboxylic acids is 3. The number of carbonyl (C=O) groups is 3.